The van der Waals surface area contributed by atoms with Crippen molar-refractivity contribution in [1.29, 1.82) is 0 Å². The summed E-state index contributed by atoms with van der Waals surface area (Å²) in [5.74, 6) is 0. The van der Waals surface area contributed by atoms with Crippen LogP contribution in [0.15, 0.2) is 24.3 Å². The summed E-state index contributed by atoms with van der Waals surface area (Å²) in [7, 11) is 3.76. The maximum absolute atomic E-state index is 5.99. The molecule has 0 aliphatic carbocycles. The average molecular weight is 256 g/mol. The van der Waals surface area contributed by atoms with E-state index in [1.807, 2.05) is 25.2 Å². The second-order valence-electron chi connectivity index (χ2n) is 4.29. The number of ether oxygens (including phenoxy) is 1. The molecule has 0 radical (unpaired) electrons. The highest BCUT2D eigenvalue weighted by Gasteiger charge is 2.19. The molecule has 0 aromatic heterocycles. The van der Waals surface area contributed by atoms with Crippen molar-refractivity contribution in [2.45, 2.75) is 38.3 Å². The number of hydrogen-bond acceptors (Lipinski definition) is 2. The third-order valence-electron chi connectivity index (χ3n) is 3.04. The van der Waals surface area contributed by atoms with Crippen molar-refractivity contribution in [3.63, 3.8) is 0 Å². The van der Waals surface area contributed by atoms with Crippen LogP contribution < -0.4 is 5.32 Å². The first-order valence-corrected chi connectivity index (χ1v) is 6.53. The molecule has 2 atom stereocenters. The van der Waals surface area contributed by atoms with Crippen molar-refractivity contribution in [3.05, 3.63) is 34.9 Å². The standard InChI is InChI=1S/C14H22ClNO/c1-4-6-14(17-3)13(16-2)10-11-7-5-8-12(15)9-11/h5,7-9,13-14,16H,4,6,10H2,1-3H3. The lowest BCUT2D eigenvalue weighted by atomic mass is 9.98. The fourth-order valence-electron chi connectivity index (χ4n) is 2.11. The summed E-state index contributed by atoms with van der Waals surface area (Å²) in [5.41, 5.74) is 1.25. The molecule has 0 heterocycles. The Morgan fingerprint density at radius 3 is 2.71 bits per heavy atom. The van der Waals surface area contributed by atoms with Gasteiger partial charge in [-0.25, -0.2) is 0 Å². The molecule has 1 rings (SSSR count). The van der Waals surface area contributed by atoms with Gasteiger partial charge in [-0.1, -0.05) is 37.1 Å². The SMILES string of the molecule is CCCC(OC)C(Cc1cccc(Cl)c1)NC. The number of nitrogens with one attached hydrogen (secondary N) is 1. The van der Waals surface area contributed by atoms with Gasteiger partial charge in [0.15, 0.2) is 0 Å². The Balaban J connectivity index is 2.68. The zero-order valence-electron chi connectivity index (χ0n) is 10.9. The van der Waals surface area contributed by atoms with Gasteiger partial charge in [0.25, 0.3) is 0 Å². The fourth-order valence-corrected chi connectivity index (χ4v) is 2.32. The molecule has 17 heavy (non-hydrogen) atoms. The molecular formula is C14H22ClNO. The average Bonchev–Trinajstić information content (AvgIpc) is 2.33. The summed E-state index contributed by atoms with van der Waals surface area (Å²) < 4.78 is 5.55. The van der Waals surface area contributed by atoms with Gasteiger partial charge in [0.05, 0.1) is 6.10 Å². The number of likely N-dealkylation sites (N-methyl/N-ethyl adjacent to an activating group) is 1. The molecule has 1 aromatic rings. The van der Waals surface area contributed by atoms with Crippen molar-refractivity contribution in [2.75, 3.05) is 14.2 Å². The molecule has 0 amide bonds. The van der Waals surface area contributed by atoms with Crippen LogP contribution in [0.2, 0.25) is 5.02 Å². The highest BCUT2D eigenvalue weighted by molar-refractivity contribution is 6.30. The molecule has 2 nitrogen and oxygen atoms in total. The van der Waals surface area contributed by atoms with Gasteiger partial charge >= 0.3 is 0 Å². The Morgan fingerprint density at radius 2 is 2.18 bits per heavy atom. The zero-order valence-corrected chi connectivity index (χ0v) is 11.6. The smallest absolute Gasteiger partial charge is 0.0727 e. The molecule has 0 bridgehead atoms. The molecule has 96 valence electrons. The van der Waals surface area contributed by atoms with Gasteiger partial charge in [-0.05, 0) is 37.6 Å². The van der Waals surface area contributed by atoms with E-state index in [0.29, 0.717) is 6.04 Å². The lowest BCUT2D eigenvalue weighted by molar-refractivity contribution is 0.0633. The second-order valence-corrected chi connectivity index (χ2v) is 4.73. The Hall–Kier alpha value is -0.570. The summed E-state index contributed by atoms with van der Waals surface area (Å²) in [6.07, 6.45) is 3.40. The van der Waals surface area contributed by atoms with Crippen LogP contribution in [0, 0.1) is 0 Å². The minimum atomic E-state index is 0.254. The zero-order chi connectivity index (χ0) is 12.7. The normalized spacial score (nSPS) is 14.6. The van der Waals surface area contributed by atoms with Crippen LogP contribution in [-0.4, -0.2) is 26.3 Å². The lowest BCUT2D eigenvalue weighted by Crippen LogP contribution is -2.40. The van der Waals surface area contributed by atoms with Gasteiger partial charge in [-0.15, -0.1) is 0 Å². The van der Waals surface area contributed by atoms with Gasteiger partial charge in [-0.2, -0.15) is 0 Å². The molecule has 0 saturated carbocycles. The van der Waals surface area contributed by atoms with Gasteiger partial charge in [0.2, 0.25) is 0 Å². The van der Waals surface area contributed by atoms with Crippen LogP contribution in [0.5, 0.6) is 0 Å². The number of halogens is 1. The van der Waals surface area contributed by atoms with Crippen molar-refractivity contribution in [3.8, 4) is 0 Å². The molecule has 0 aliphatic heterocycles. The number of rotatable bonds is 7. The molecule has 0 saturated heterocycles. The van der Waals surface area contributed by atoms with E-state index in [0.717, 1.165) is 24.3 Å². The van der Waals surface area contributed by atoms with Crippen LogP contribution in [0.25, 0.3) is 0 Å². The second kappa shape index (κ2) is 7.70. The van der Waals surface area contributed by atoms with E-state index in [-0.39, 0.29) is 6.10 Å². The Bertz CT molecular complexity index is 330. The van der Waals surface area contributed by atoms with Crippen LogP contribution in [-0.2, 0) is 11.2 Å². The molecule has 2 unspecified atom stereocenters. The molecular weight excluding hydrogens is 234 g/mol. The molecule has 1 aromatic carbocycles. The predicted octanol–water partition coefficient (Wildman–Crippen LogP) is 3.29. The first-order valence-electron chi connectivity index (χ1n) is 6.15. The third kappa shape index (κ3) is 4.66. The van der Waals surface area contributed by atoms with Crippen LogP contribution in [0.4, 0.5) is 0 Å². The van der Waals surface area contributed by atoms with Crippen LogP contribution in [0.3, 0.4) is 0 Å². The number of hydrogen-bond donors (Lipinski definition) is 1. The maximum Gasteiger partial charge on any atom is 0.0727 e. The minimum absolute atomic E-state index is 0.254. The van der Waals surface area contributed by atoms with Crippen molar-refractivity contribution in [2.24, 2.45) is 0 Å². The van der Waals surface area contributed by atoms with E-state index in [9.17, 15) is 0 Å². The van der Waals surface area contributed by atoms with Crippen molar-refractivity contribution in [1.82, 2.24) is 5.32 Å². The quantitative estimate of drug-likeness (QED) is 0.807. The van der Waals surface area contributed by atoms with E-state index in [2.05, 4.69) is 18.3 Å². The highest BCUT2D eigenvalue weighted by Crippen LogP contribution is 2.15. The highest BCUT2D eigenvalue weighted by atomic mass is 35.5. The van der Waals surface area contributed by atoms with Gasteiger partial charge in [-0.3, -0.25) is 0 Å². The topological polar surface area (TPSA) is 21.3 Å². The summed E-state index contributed by atoms with van der Waals surface area (Å²) >= 11 is 5.99. The number of benzene rings is 1. The van der Waals surface area contributed by atoms with Crippen molar-refractivity contribution < 1.29 is 4.74 Å². The van der Waals surface area contributed by atoms with Crippen molar-refractivity contribution >= 4 is 11.6 Å². The third-order valence-corrected chi connectivity index (χ3v) is 3.28. The molecule has 0 spiro atoms. The Kier molecular flexibility index (Phi) is 6.56. The first kappa shape index (κ1) is 14.5. The van der Waals surface area contributed by atoms with Gasteiger partial charge in [0, 0.05) is 18.2 Å². The molecule has 1 N–H and O–H groups in total. The van der Waals surface area contributed by atoms with E-state index in [1.54, 1.807) is 7.11 Å². The molecule has 0 aliphatic rings. The minimum Gasteiger partial charge on any atom is -0.380 e. The van der Waals surface area contributed by atoms with Gasteiger partial charge < -0.3 is 10.1 Å². The van der Waals surface area contributed by atoms with Crippen LogP contribution >= 0.6 is 11.6 Å². The van der Waals surface area contributed by atoms with E-state index in [4.69, 9.17) is 16.3 Å². The van der Waals surface area contributed by atoms with E-state index >= 15 is 0 Å². The number of methoxy groups -OCH3 is 1. The summed E-state index contributed by atoms with van der Waals surface area (Å²) in [6.45, 7) is 2.18. The maximum atomic E-state index is 5.99. The predicted molar refractivity (Wildman–Crippen MR) is 73.7 cm³/mol. The Morgan fingerprint density at radius 1 is 1.41 bits per heavy atom. The summed E-state index contributed by atoms with van der Waals surface area (Å²) in [4.78, 5) is 0. The lowest BCUT2D eigenvalue weighted by Gasteiger charge is -2.25. The summed E-state index contributed by atoms with van der Waals surface area (Å²) in [6, 6.07) is 8.35. The largest absolute Gasteiger partial charge is 0.380 e. The fraction of sp³-hybridized carbons (Fsp3) is 0.571. The summed E-state index contributed by atoms with van der Waals surface area (Å²) in [5, 5.41) is 4.13. The first-order chi connectivity index (χ1) is 8.21. The van der Waals surface area contributed by atoms with E-state index < -0.39 is 0 Å². The Labute approximate surface area is 109 Å². The van der Waals surface area contributed by atoms with Crippen LogP contribution in [0.1, 0.15) is 25.3 Å². The van der Waals surface area contributed by atoms with E-state index in [1.165, 1.54) is 5.56 Å². The molecule has 3 heteroatoms. The van der Waals surface area contributed by atoms with Gasteiger partial charge in [0.1, 0.15) is 0 Å². The monoisotopic (exact) mass is 255 g/mol. The molecule has 0 fully saturated rings.